The van der Waals surface area contributed by atoms with Gasteiger partial charge >= 0.3 is 0 Å². The monoisotopic (exact) mass is 218 g/mol. The van der Waals surface area contributed by atoms with Gasteiger partial charge in [-0.2, -0.15) is 0 Å². The van der Waals surface area contributed by atoms with E-state index < -0.39 is 0 Å². The maximum Gasteiger partial charge on any atom is 0.145 e. The van der Waals surface area contributed by atoms with Gasteiger partial charge in [-0.05, 0) is 23.9 Å². The maximum atomic E-state index is 4.34. The third-order valence-corrected chi connectivity index (χ3v) is 2.57. The molecule has 0 aliphatic carbocycles. The summed E-state index contributed by atoms with van der Waals surface area (Å²) < 4.78 is 0. The molecule has 76 valence electrons. The summed E-state index contributed by atoms with van der Waals surface area (Å²) >= 11 is 1.49. The predicted octanol–water partition coefficient (Wildman–Crippen LogP) is 2.06. The van der Waals surface area contributed by atoms with Gasteiger partial charge in [-0.3, -0.25) is 4.98 Å². The highest BCUT2D eigenvalue weighted by molar-refractivity contribution is 7.99. The Morgan fingerprint density at radius 2 is 2.13 bits per heavy atom. The lowest BCUT2D eigenvalue weighted by Crippen LogP contribution is -1.94. The summed E-state index contributed by atoms with van der Waals surface area (Å²) in [7, 11) is 1.82. The molecule has 0 aromatic carbocycles. The Morgan fingerprint density at radius 3 is 2.87 bits per heavy atom. The molecule has 4 nitrogen and oxygen atoms in total. The molecule has 2 rings (SSSR count). The molecular weight excluding hydrogens is 208 g/mol. The van der Waals surface area contributed by atoms with E-state index in [0.717, 1.165) is 15.9 Å². The van der Waals surface area contributed by atoms with Crippen LogP contribution in [0.25, 0.3) is 0 Å². The Kier molecular flexibility index (Phi) is 3.14. The van der Waals surface area contributed by atoms with Crippen LogP contribution in [0.4, 0.5) is 5.82 Å². The number of hydrogen-bond acceptors (Lipinski definition) is 5. The van der Waals surface area contributed by atoms with Crippen molar-refractivity contribution < 1.29 is 0 Å². The lowest BCUT2D eigenvalue weighted by molar-refractivity contribution is 1.04. The molecule has 2 heterocycles. The van der Waals surface area contributed by atoms with Crippen LogP contribution >= 0.6 is 11.8 Å². The second-order valence-electron chi connectivity index (χ2n) is 2.76. The van der Waals surface area contributed by atoms with Crippen molar-refractivity contribution in [2.45, 2.75) is 10.1 Å². The molecule has 0 saturated carbocycles. The zero-order chi connectivity index (χ0) is 10.5. The first-order valence-corrected chi connectivity index (χ1v) is 5.29. The summed E-state index contributed by atoms with van der Waals surface area (Å²) in [6, 6.07) is 5.78. The highest BCUT2D eigenvalue weighted by atomic mass is 32.2. The minimum absolute atomic E-state index is 0.760. The topological polar surface area (TPSA) is 50.7 Å². The van der Waals surface area contributed by atoms with Gasteiger partial charge in [0.15, 0.2) is 0 Å². The fraction of sp³-hybridized carbons (Fsp3) is 0.100. The van der Waals surface area contributed by atoms with Gasteiger partial charge in [0, 0.05) is 13.2 Å². The Labute approximate surface area is 92.2 Å². The van der Waals surface area contributed by atoms with Crippen molar-refractivity contribution >= 4 is 17.6 Å². The number of aromatic nitrogens is 3. The third kappa shape index (κ3) is 2.66. The van der Waals surface area contributed by atoms with E-state index in [4.69, 9.17) is 0 Å². The Bertz CT molecular complexity index is 432. The van der Waals surface area contributed by atoms with E-state index in [1.807, 2.05) is 25.2 Å². The van der Waals surface area contributed by atoms with Crippen molar-refractivity contribution in [3.63, 3.8) is 0 Å². The quantitative estimate of drug-likeness (QED) is 0.854. The first-order valence-electron chi connectivity index (χ1n) is 4.47. The number of hydrogen-bond donors (Lipinski definition) is 1. The molecule has 0 bridgehead atoms. The first kappa shape index (κ1) is 9.92. The highest BCUT2D eigenvalue weighted by Crippen LogP contribution is 2.23. The zero-order valence-electron chi connectivity index (χ0n) is 8.21. The fourth-order valence-electron chi connectivity index (χ4n) is 1.03. The molecule has 0 fully saturated rings. The van der Waals surface area contributed by atoms with Gasteiger partial charge in [0.2, 0.25) is 0 Å². The summed E-state index contributed by atoms with van der Waals surface area (Å²) in [5.41, 5.74) is 0. The largest absolute Gasteiger partial charge is 0.372 e. The minimum atomic E-state index is 0.760. The van der Waals surface area contributed by atoms with E-state index in [1.165, 1.54) is 11.8 Å². The van der Waals surface area contributed by atoms with Gasteiger partial charge in [0.1, 0.15) is 15.9 Å². The average Bonchev–Trinajstić information content (AvgIpc) is 2.31. The van der Waals surface area contributed by atoms with Crippen LogP contribution in [0.5, 0.6) is 0 Å². The Hall–Kier alpha value is -1.62. The summed E-state index contributed by atoms with van der Waals surface area (Å²) in [4.78, 5) is 12.6. The number of nitrogens with zero attached hydrogens (tertiary/aromatic N) is 3. The molecule has 0 amide bonds. The smallest absolute Gasteiger partial charge is 0.145 e. The summed E-state index contributed by atoms with van der Waals surface area (Å²) in [6.45, 7) is 0. The second kappa shape index (κ2) is 4.75. The molecular formula is C10H10N4S. The summed E-state index contributed by atoms with van der Waals surface area (Å²) in [5.74, 6) is 0.760. The van der Waals surface area contributed by atoms with Crippen LogP contribution in [0, 0.1) is 0 Å². The second-order valence-corrected chi connectivity index (χ2v) is 3.80. The van der Waals surface area contributed by atoms with Crippen LogP contribution in [0.15, 0.2) is 46.8 Å². The molecule has 15 heavy (non-hydrogen) atoms. The van der Waals surface area contributed by atoms with E-state index in [2.05, 4.69) is 20.3 Å². The fourth-order valence-corrected chi connectivity index (χ4v) is 1.76. The number of rotatable bonds is 3. The van der Waals surface area contributed by atoms with E-state index >= 15 is 0 Å². The van der Waals surface area contributed by atoms with Crippen LogP contribution < -0.4 is 5.32 Å². The van der Waals surface area contributed by atoms with E-state index in [-0.39, 0.29) is 0 Å². The normalized spacial score (nSPS) is 9.93. The average molecular weight is 218 g/mol. The van der Waals surface area contributed by atoms with Gasteiger partial charge in [-0.1, -0.05) is 6.07 Å². The van der Waals surface area contributed by atoms with Crippen molar-refractivity contribution in [3.8, 4) is 0 Å². The third-order valence-electron chi connectivity index (χ3n) is 1.72. The van der Waals surface area contributed by atoms with Gasteiger partial charge in [0.05, 0.1) is 12.4 Å². The van der Waals surface area contributed by atoms with Crippen molar-refractivity contribution in [1.29, 1.82) is 0 Å². The molecule has 0 aliphatic rings. The minimum Gasteiger partial charge on any atom is -0.372 e. The molecule has 1 N–H and O–H groups in total. The van der Waals surface area contributed by atoms with Crippen LogP contribution in [-0.4, -0.2) is 22.0 Å². The van der Waals surface area contributed by atoms with Gasteiger partial charge in [-0.15, -0.1) is 0 Å². The number of anilines is 1. The van der Waals surface area contributed by atoms with Crippen LogP contribution in [0.2, 0.25) is 0 Å². The van der Waals surface area contributed by atoms with Crippen molar-refractivity contribution in [2.75, 3.05) is 12.4 Å². The zero-order valence-corrected chi connectivity index (χ0v) is 9.03. The van der Waals surface area contributed by atoms with Crippen LogP contribution in [-0.2, 0) is 0 Å². The number of pyridine rings is 1. The molecule has 0 saturated heterocycles. The molecule has 0 aliphatic heterocycles. The first-order chi connectivity index (χ1) is 7.38. The van der Waals surface area contributed by atoms with Gasteiger partial charge in [0.25, 0.3) is 0 Å². The van der Waals surface area contributed by atoms with Crippen molar-refractivity contribution in [2.24, 2.45) is 0 Å². The van der Waals surface area contributed by atoms with Gasteiger partial charge in [-0.25, -0.2) is 9.97 Å². The molecule has 0 unspecified atom stereocenters. The SMILES string of the molecule is CNc1cncc(Sc2ccccn2)n1. The molecule has 0 radical (unpaired) electrons. The summed E-state index contributed by atoms with van der Waals surface area (Å²) in [6.07, 6.45) is 5.17. The molecule has 0 spiro atoms. The van der Waals surface area contributed by atoms with E-state index in [0.29, 0.717) is 0 Å². The maximum absolute atomic E-state index is 4.34. The molecule has 2 aromatic rings. The van der Waals surface area contributed by atoms with E-state index in [9.17, 15) is 0 Å². The Balaban J connectivity index is 2.17. The lowest BCUT2D eigenvalue weighted by Gasteiger charge is -2.01. The lowest BCUT2D eigenvalue weighted by atomic mass is 10.5. The van der Waals surface area contributed by atoms with Crippen LogP contribution in [0.1, 0.15) is 0 Å². The highest BCUT2D eigenvalue weighted by Gasteiger charge is 2.00. The Morgan fingerprint density at radius 1 is 1.20 bits per heavy atom. The standard InChI is InChI=1S/C10H10N4S/c1-11-8-6-12-7-10(14-8)15-9-4-2-3-5-13-9/h2-7H,1H3,(H,11,14). The molecule has 0 atom stereocenters. The molecule has 2 aromatic heterocycles. The van der Waals surface area contributed by atoms with Crippen LogP contribution in [0.3, 0.4) is 0 Å². The van der Waals surface area contributed by atoms with Gasteiger partial charge < -0.3 is 5.32 Å². The number of nitrogens with one attached hydrogen (secondary N) is 1. The van der Waals surface area contributed by atoms with Crippen molar-refractivity contribution in [3.05, 3.63) is 36.8 Å². The van der Waals surface area contributed by atoms with Crippen molar-refractivity contribution in [1.82, 2.24) is 15.0 Å². The predicted molar refractivity (Wildman–Crippen MR) is 59.9 cm³/mol. The van der Waals surface area contributed by atoms with E-state index in [1.54, 1.807) is 18.6 Å². The summed E-state index contributed by atoms with van der Waals surface area (Å²) in [5, 5.41) is 4.70. The molecule has 5 heteroatoms.